The average molecular weight is 379 g/mol. The number of aromatic nitrogens is 2. The average Bonchev–Trinajstić information content (AvgIpc) is 3.10. The van der Waals surface area contributed by atoms with E-state index in [0.717, 1.165) is 17.1 Å². The Morgan fingerprint density at radius 1 is 1.07 bits per heavy atom. The third kappa shape index (κ3) is 5.36. The lowest BCUT2D eigenvalue weighted by molar-refractivity contribution is 0.0951. The molecule has 6 nitrogen and oxygen atoms in total. The molecule has 1 aromatic heterocycles. The van der Waals surface area contributed by atoms with Crippen molar-refractivity contribution in [2.24, 2.45) is 7.05 Å². The molecule has 146 valence electrons. The summed E-state index contributed by atoms with van der Waals surface area (Å²) in [5, 5.41) is 2.92. The van der Waals surface area contributed by atoms with E-state index in [2.05, 4.69) is 10.3 Å². The second-order valence-corrected chi connectivity index (χ2v) is 6.76. The number of carbonyl (C=O) groups is 1. The summed E-state index contributed by atoms with van der Waals surface area (Å²) in [5.74, 6) is 2.23. The van der Waals surface area contributed by atoms with E-state index in [1.54, 1.807) is 30.5 Å². The number of hydrogen-bond donors (Lipinski definition) is 1. The number of ether oxygens (including phenoxy) is 2. The summed E-state index contributed by atoms with van der Waals surface area (Å²) >= 11 is 0. The maximum atomic E-state index is 12.3. The molecule has 6 heteroatoms. The predicted octanol–water partition coefficient (Wildman–Crippen LogP) is 3.72. The first-order valence-electron chi connectivity index (χ1n) is 9.24. The molecule has 0 aliphatic rings. The molecule has 1 amide bonds. The fourth-order valence-corrected chi connectivity index (χ4v) is 2.63. The lowest BCUT2D eigenvalue weighted by Gasteiger charge is -2.11. The van der Waals surface area contributed by atoms with E-state index in [4.69, 9.17) is 9.47 Å². The highest BCUT2D eigenvalue weighted by atomic mass is 16.5. The van der Waals surface area contributed by atoms with Gasteiger partial charge in [-0.15, -0.1) is 0 Å². The summed E-state index contributed by atoms with van der Waals surface area (Å²) < 4.78 is 13.2. The number of benzene rings is 2. The van der Waals surface area contributed by atoms with Crippen LogP contribution in [0.4, 0.5) is 0 Å². The van der Waals surface area contributed by atoms with E-state index in [1.165, 1.54) is 0 Å². The second-order valence-electron chi connectivity index (χ2n) is 6.76. The molecule has 0 radical (unpaired) electrons. The van der Waals surface area contributed by atoms with Crippen LogP contribution < -0.4 is 14.8 Å². The summed E-state index contributed by atoms with van der Waals surface area (Å²) in [4.78, 5) is 16.6. The molecular formula is C22H25N3O3. The molecule has 0 aliphatic carbocycles. The molecule has 28 heavy (non-hydrogen) atoms. The Balaban J connectivity index is 1.49. The van der Waals surface area contributed by atoms with E-state index < -0.39 is 0 Å². The summed E-state index contributed by atoms with van der Waals surface area (Å²) in [6.45, 7) is 4.82. The van der Waals surface area contributed by atoms with Gasteiger partial charge < -0.3 is 19.4 Å². The van der Waals surface area contributed by atoms with Gasteiger partial charge in [0.15, 0.2) is 0 Å². The van der Waals surface area contributed by atoms with Gasteiger partial charge in [-0.25, -0.2) is 4.98 Å². The summed E-state index contributed by atoms with van der Waals surface area (Å²) in [7, 11) is 1.92. The van der Waals surface area contributed by atoms with E-state index in [9.17, 15) is 4.79 Å². The normalized spacial score (nSPS) is 10.7. The highest BCUT2D eigenvalue weighted by molar-refractivity contribution is 5.94. The minimum absolute atomic E-state index is 0.127. The van der Waals surface area contributed by atoms with Crippen LogP contribution in [-0.2, 0) is 20.2 Å². The Hall–Kier alpha value is -3.28. The van der Waals surface area contributed by atoms with Gasteiger partial charge >= 0.3 is 0 Å². The molecule has 0 saturated heterocycles. The molecule has 1 heterocycles. The quantitative estimate of drug-likeness (QED) is 0.648. The van der Waals surface area contributed by atoms with Crippen molar-refractivity contribution in [3.8, 4) is 11.5 Å². The Bertz CT molecular complexity index is 900. The SMILES string of the molecule is CC(C)Oc1ccc(CNC(=O)c2ccc(OCc3nccn3C)cc2)cc1. The van der Waals surface area contributed by atoms with Crippen LogP contribution in [0, 0.1) is 0 Å². The van der Waals surface area contributed by atoms with Gasteiger partial charge in [-0.3, -0.25) is 4.79 Å². The summed E-state index contributed by atoms with van der Waals surface area (Å²) in [6, 6.07) is 14.8. The summed E-state index contributed by atoms with van der Waals surface area (Å²) in [6.07, 6.45) is 3.75. The van der Waals surface area contributed by atoms with Crippen LogP contribution in [0.2, 0.25) is 0 Å². The Morgan fingerprint density at radius 2 is 1.75 bits per heavy atom. The lowest BCUT2D eigenvalue weighted by Crippen LogP contribution is -2.22. The van der Waals surface area contributed by atoms with Gasteiger partial charge in [0, 0.05) is 31.5 Å². The van der Waals surface area contributed by atoms with Crippen molar-refractivity contribution < 1.29 is 14.3 Å². The van der Waals surface area contributed by atoms with Crippen molar-refractivity contribution in [2.45, 2.75) is 33.1 Å². The molecule has 1 N–H and O–H groups in total. The van der Waals surface area contributed by atoms with Crippen molar-refractivity contribution in [1.29, 1.82) is 0 Å². The van der Waals surface area contributed by atoms with Gasteiger partial charge in [-0.2, -0.15) is 0 Å². The van der Waals surface area contributed by atoms with Gasteiger partial charge in [0.2, 0.25) is 0 Å². The van der Waals surface area contributed by atoms with E-state index in [1.807, 2.05) is 55.9 Å². The van der Waals surface area contributed by atoms with Crippen LogP contribution >= 0.6 is 0 Å². The third-order valence-corrected chi connectivity index (χ3v) is 4.15. The molecule has 3 aromatic rings. The largest absolute Gasteiger partial charge is 0.491 e. The van der Waals surface area contributed by atoms with Crippen LogP contribution in [-0.4, -0.2) is 21.6 Å². The van der Waals surface area contributed by atoms with Crippen LogP contribution in [0.1, 0.15) is 35.6 Å². The lowest BCUT2D eigenvalue weighted by atomic mass is 10.2. The van der Waals surface area contributed by atoms with Gasteiger partial charge in [-0.05, 0) is 55.8 Å². The van der Waals surface area contributed by atoms with Gasteiger partial charge in [0.05, 0.1) is 6.10 Å². The molecule has 0 unspecified atom stereocenters. The van der Waals surface area contributed by atoms with Gasteiger partial charge in [-0.1, -0.05) is 12.1 Å². The van der Waals surface area contributed by atoms with Crippen molar-refractivity contribution in [3.63, 3.8) is 0 Å². The van der Waals surface area contributed by atoms with E-state index in [0.29, 0.717) is 24.5 Å². The topological polar surface area (TPSA) is 65.4 Å². The number of nitrogens with zero attached hydrogens (tertiary/aromatic N) is 2. The fraction of sp³-hybridized carbons (Fsp3) is 0.273. The molecule has 0 aliphatic heterocycles. The third-order valence-electron chi connectivity index (χ3n) is 4.15. The Kier molecular flexibility index (Phi) is 6.32. The number of rotatable bonds is 8. The number of amides is 1. The number of nitrogens with one attached hydrogen (secondary N) is 1. The second kappa shape index (κ2) is 9.08. The van der Waals surface area contributed by atoms with Crippen molar-refractivity contribution in [3.05, 3.63) is 77.9 Å². The number of carbonyl (C=O) groups excluding carboxylic acids is 1. The monoisotopic (exact) mass is 379 g/mol. The zero-order valence-corrected chi connectivity index (χ0v) is 16.4. The van der Waals surface area contributed by atoms with Crippen molar-refractivity contribution in [1.82, 2.24) is 14.9 Å². The smallest absolute Gasteiger partial charge is 0.251 e. The molecule has 0 saturated carbocycles. The van der Waals surface area contributed by atoms with Crippen molar-refractivity contribution in [2.75, 3.05) is 0 Å². The Morgan fingerprint density at radius 3 is 2.36 bits per heavy atom. The molecule has 0 atom stereocenters. The maximum Gasteiger partial charge on any atom is 0.251 e. The maximum absolute atomic E-state index is 12.3. The molecular weight excluding hydrogens is 354 g/mol. The predicted molar refractivity (Wildman–Crippen MR) is 107 cm³/mol. The minimum atomic E-state index is -0.127. The minimum Gasteiger partial charge on any atom is -0.491 e. The zero-order valence-electron chi connectivity index (χ0n) is 16.4. The van der Waals surface area contributed by atoms with Gasteiger partial charge in [0.25, 0.3) is 5.91 Å². The van der Waals surface area contributed by atoms with E-state index in [-0.39, 0.29) is 12.0 Å². The number of aryl methyl sites for hydroxylation is 1. The Labute approximate surface area is 165 Å². The molecule has 3 rings (SSSR count). The number of imidazole rings is 1. The first kappa shape index (κ1) is 19.5. The van der Waals surface area contributed by atoms with Crippen molar-refractivity contribution >= 4 is 5.91 Å². The van der Waals surface area contributed by atoms with Gasteiger partial charge in [0.1, 0.15) is 23.9 Å². The molecule has 0 spiro atoms. The summed E-state index contributed by atoms with van der Waals surface area (Å²) in [5.41, 5.74) is 1.60. The van der Waals surface area contributed by atoms with Crippen LogP contribution in [0.3, 0.4) is 0 Å². The van der Waals surface area contributed by atoms with Crippen LogP contribution in [0.25, 0.3) is 0 Å². The van der Waals surface area contributed by atoms with E-state index >= 15 is 0 Å². The first-order chi connectivity index (χ1) is 13.5. The standard InChI is InChI=1S/C22H25N3O3/c1-16(2)28-20-8-4-17(5-9-20)14-24-22(26)18-6-10-19(11-7-18)27-15-21-23-12-13-25(21)3/h4-13,16H,14-15H2,1-3H3,(H,24,26). The zero-order chi connectivity index (χ0) is 19.9. The van der Waals surface area contributed by atoms with Crippen LogP contribution in [0.15, 0.2) is 60.9 Å². The molecule has 0 bridgehead atoms. The molecule has 0 fully saturated rings. The highest BCUT2D eigenvalue weighted by Gasteiger charge is 2.07. The van der Waals surface area contributed by atoms with Crippen LogP contribution in [0.5, 0.6) is 11.5 Å². The molecule has 2 aromatic carbocycles. The number of hydrogen-bond acceptors (Lipinski definition) is 4. The highest BCUT2D eigenvalue weighted by Crippen LogP contribution is 2.15. The first-order valence-corrected chi connectivity index (χ1v) is 9.24. The fourth-order valence-electron chi connectivity index (χ4n) is 2.63.